The summed E-state index contributed by atoms with van der Waals surface area (Å²) in [7, 11) is -2.32. The normalized spacial score (nSPS) is 11.8. The molecule has 1 aromatic rings. The zero-order valence-corrected chi connectivity index (χ0v) is 18.9. The van der Waals surface area contributed by atoms with Crippen molar-refractivity contribution in [2.75, 3.05) is 33.5 Å². The first-order valence-corrected chi connectivity index (χ1v) is 11.2. The number of benzene rings is 1. The van der Waals surface area contributed by atoms with Crippen LogP contribution in [0.5, 0.6) is 5.75 Å². The largest absolute Gasteiger partial charge is 0.497 e. The van der Waals surface area contributed by atoms with Gasteiger partial charge in [0.25, 0.3) is 0 Å². The van der Waals surface area contributed by atoms with Gasteiger partial charge in [0.1, 0.15) is 5.75 Å². The number of rotatable bonds is 12. The van der Waals surface area contributed by atoms with Gasteiger partial charge in [-0.3, -0.25) is 4.57 Å². The highest BCUT2D eigenvalue weighted by atomic mass is 31.2. The Morgan fingerprint density at radius 1 is 0.833 bits per heavy atom. The van der Waals surface area contributed by atoms with E-state index in [1.54, 1.807) is 39.8 Å². The number of hydrogen-bond donors (Lipinski definition) is 0. The minimum Gasteiger partial charge on any atom is -0.497 e. The fraction of sp³-hybridized carbons (Fsp3) is 0.429. The van der Waals surface area contributed by atoms with E-state index in [-0.39, 0.29) is 31.7 Å². The Balaban J connectivity index is 3.71. The van der Waals surface area contributed by atoms with E-state index in [9.17, 15) is 14.2 Å². The van der Waals surface area contributed by atoms with Crippen LogP contribution in [0, 0.1) is 0 Å². The van der Waals surface area contributed by atoms with Gasteiger partial charge < -0.3 is 23.3 Å². The Hall–Kier alpha value is -2.41. The van der Waals surface area contributed by atoms with Gasteiger partial charge in [-0.25, -0.2) is 9.59 Å². The molecule has 0 aliphatic carbocycles. The lowest BCUT2D eigenvalue weighted by Gasteiger charge is -2.22. The van der Waals surface area contributed by atoms with Crippen LogP contribution in [0.3, 0.4) is 0 Å². The molecule has 0 bridgehead atoms. The Labute approximate surface area is 177 Å². The fourth-order valence-corrected chi connectivity index (χ4v) is 4.47. The predicted octanol–water partition coefficient (Wildman–Crippen LogP) is 3.74. The molecule has 0 saturated carbocycles. The maximum atomic E-state index is 13.6. The van der Waals surface area contributed by atoms with E-state index in [1.807, 2.05) is 0 Å². The molecule has 0 amide bonds. The van der Waals surface area contributed by atoms with Crippen molar-refractivity contribution in [1.82, 2.24) is 0 Å². The number of hydrogen-bond acceptors (Lipinski definition) is 8. The molecule has 0 saturated heterocycles. The van der Waals surface area contributed by atoms with Crippen LogP contribution in [-0.4, -0.2) is 45.5 Å². The van der Waals surface area contributed by atoms with Crippen LogP contribution in [0.25, 0.3) is 12.2 Å². The maximum Gasteiger partial charge on any atom is 0.362 e. The molecule has 0 N–H and O–H groups in total. The SMILES string of the molecule is CCOC(=O)/C=C/c1cc(OC)cc(/C=C/C(=O)OCC)c1P(=O)(OCC)OCC. The lowest BCUT2D eigenvalue weighted by molar-refractivity contribution is -0.138. The molecule has 0 spiro atoms. The van der Waals surface area contributed by atoms with Crippen LogP contribution < -0.4 is 10.0 Å². The van der Waals surface area contributed by atoms with E-state index in [0.717, 1.165) is 0 Å². The summed E-state index contributed by atoms with van der Waals surface area (Å²) in [6.45, 7) is 7.47. The number of methoxy groups -OCH3 is 1. The summed E-state index contributed by atoms with van der Waals surface area (Å²) >= 11 is 0. The first kappa shape index (κ1) is 25.6. The second-order valence-electron chi connectivity index (χ2n) is 5.66. The van der Waals surface area contributed by atoms with Crippen LogP contribution in [-0.2, 0) is 32.7 Å². The topological polar surface area (TPSA) is 97.4 Å². The average Bonchev–Trinajstić information content (AvgIpc) is 2.71. The van der Waals surface area contributed by atoms with E-state index in [0.29, 0.717) is 16.9 Å². The first-order valence-electron chi connectivity index (χ1n) is 9.66. The first-order chi connectivity index (χ1) is 14.3. The highest BCUT2D eigenvalue weighted by Gasteiger charge is 2.32. The average molecular weight is 440 g/mol. The third-order valence-corrected chi connectivity index (χ3v) is 5.88. The van der Waals surface area contributed by atoms with Gasteiger partial charge in [0.15, 0.2) is 0 Å². The van der Waals surface area contributed by atoms with Crippen molar-refractivity contribution in [3.05, 3.63) is 35.4 Å². The lowest BCUT2D eigenvalue weighted by atomic mass is 10.1. The Bertz CT molecular complexity index is 769. The second-order valence-corrected chi connectivity index (χ2v) is 7.62. The van der Waals surface area contributed by atoms with Crippen LogP contribution in [0.15, 0.2) is 24.3 Å². The molecule has 166 valence electrons. The molecular formula is C21H29O8P. The van der Waals surface area contributed by atoms with Gasteiger partial charge in [0.05, 0.1) is 38.8 Å². The zero-order valence-electron chi connectivity index (χ0n) is 18.0. The van der Waals surface area contributed by atoms with Crippen LogP contribution in [0.1, 0.15) is 38.8 Å². The van der Waals surface area contributed by atoms with Crippen molar-refractivity contribution in [2.45, 2.75) is 27.7 Å². The van der Waals surface area contributed by atoms with Gasteiger partial charge >= 0.3 is 19.5 Å². The van der Waals surface area contributed by atoms with Crippen LogP contribution in [0.4, 0.5) is 0 Å². The molecule has 0 aliphatic heterocycles. The van der Waals surface area contributed by atoms with Crippen molar-refractivity contribution >= 4 is 37.0 Å². The molecule has 9 heteroatoms. The summed E-state index contributed by atoms with van der Waals surface area (Å²) in [4.78, 5) is 23.6. The van der Waals surface area contributed by atoms with Gasteiger partial charge in [-0.2, -0.15) is 0 Å². The number of esters is 2. The third-order valence-electron chi connectivity index (χ3n) is 3.62. The Morgan fingerprint density at radius 3 is 1.60 bits per heavy atom. The van der Waals surface area contributed by atoms with Gasteiger partial charge in [-0.1, -0.05) is 0 Å². The van der Waals surface area contributed by atoms with E-state index in [4.69, 9.17) is 23.3 Å². The monoisotopic (exact) mass is 440 g/mol. The summed E-state index contributed by atoms with van der Waals surface area (Å²) < 4.78 is 39.8. The summed E-state index contributed by atoms with van der Waals surface area (Å²) in [6.07, 6.45) is 5.32. The predicted molar refractivity (Wildman–Crippen MR) is 115 cm³/mol. The quantitative estimate of drug-likeness (QED) is 0.275. The molecule has 1 aromatic carbocycles. The molecule has 0 aliphatic rings. The molecule has 0 radical (unpaired) electrons. The standard InChI is InChI=1S/C21H29O8P/c1-6-26-19(22)12-10-16-14-18(25-5)15-17(11-13-20(23)27-7-2)21(16)30(24,28-8-3)29-9-4/h10-15H,6-9H2,1-5H3/b12-10+,13-11+. The molecule has 0 heterocycles. The minimum absolute atomic E-state index is 0.130. The Kier molecular flexibility index (Phi) is 11.1. The number of carbonyl (C=O) groups excluding carboxylic acids is 2. The molecule has 0 unspecified atom stereocenters. The highest BCUT2D eigenvalue weighted by molar-refractivity contribution is 7.62. The maximum absolute atomic E-state index is 13.6. The van der Waals surface area contributed by atoms with Crippen LogP contribution in [0.2, 0.25) is 0 Å². The van der Waals surface area contributed by atoms with Crippen molar-refractivity contribution < 1.29 is 37.4 Å². The lowest BCUT2D eigenvalue weighted by Crippen LogP contribution is -2.18. The van der Waals surface area contributed by atoms with Crippen molar-refractivity contribution in [2.24, 2.45) is 0 Å². The zero-order chi connectivity index (χ0) is 22.6. The molecule has 30 heavy (non-hydrogen) atoms. The molecule has 0 aromatic heterocycles. The van der Waals surface area contributed by atoms with Gasteiger partial charge in [0.2, 0.25) is 0 Å². The van der Waals surface area contributed by atoms with E-state index in [1.165, 1.54) is 31.4 Å². The summed E-state index contributed by atoms with van der Waals surface area (Å²) in [5.74, 6) is -0.694. The number of ether oxygens (including phenoxy) is 3. The van der Waals surface area contributed by atoms with Crippen molar-refractivity contribution in [1.29, 1.82) is 0 Å². The molecule has 8 nitrogen and oxygen atoms in total. The smallest absolute Gasteiger partial charge is 0.362 e. The van der Waals surface area contributed by atoms with Crippen molar-refractivity contribution in [3.63, 3.8) is 0 Å². The summed E-state index contributed by atoms with van der Waals surface area (Å²) in [5.41, 5.74) is 0.743. The van der Waals surface area contributed by atoms with E-state index in [2.05, 4.69) is 0 Å². The summed E-state index contributed by atoms with van der Waals surface area (Å²) in [5, 5.41) is 0.202. The second kappa shape index (κ2) is 13.0. The fourth-order valence-electron chi connectivity index (χ4n) is 2.54. The Morgan fingerprint density at radius 2 is 1.27 bits per heavy atom. The van der Waals surface area contributed by atoms with Gasteiger partial charge in [-0.05, 0) is 63.1 Å². The molecule has 0 atom stereocenters. The van der Waals surface area contributed by atoms with Gasteiger partial charge in [-0.15, -0.1) is 0 Å². The third kappa shape index (κ3) is 7.44. The molecule has 1 rings (SSSR count). The van der Waals surface area contributed by atoms with Gasteiger partial charge in [0, 0.05) is 12.2 Å². The molecule has 0 fully saturated rings. The van der Waals surface area contributed by atoms with Crippen LogP contribution >= 0.6 is 7.60 Å². The summed E-state index contributed by atoms with van der Waals surface area (Å²) in [6, 6.07) is 3.19. The highest BCUT2D eigenvalue weighted by Crippen LogP contribution is 2.49. The van der Waals surface area contributed by atoms with E-state index >= 15 is 0 Å². The minimum atomic E-state index is -3.79. The number of carbonyl (C=O) groups is 2. The van der Waals surface area contributed by atoms with Crippen molar-refractivity contribution in [3.8, 4) is 5.75 Å². The van der Waals surface area contributed by atoms with E-state index < -0.39 is 19.5 Å². The molecular weight excluding hydrogens is 411 g/mol.